The van der Waals surface area contributed by atoms with Crippen LogP contribution in [0, 0.1) is 5.92 Å². The molecule has 0 aliphatic carbocycles. The van der Waals surface area contributed by atoms with E-state index in [0.29, 0.717) is 6.54 Å². The highest BCUT2D eigenvalue weighted by atomic mass is 16.7. The van der Waals surface area contributed by atoms with E-state index in [1.165, 1.54) is 5.56 Å². The molecule has 3 heteroatoms. The van der Waals surface area contributed by atoms with Gasteiger partial charge in [0.05, 0.1) is 18.1 Å². The third-order valence-corrected chi connectivity index (χ3v) is 4.26. The highest BCUT2D eigenvalue weighted by molar-refractivity contribution is 5.57. The lowest BCUT2D eigenvalue weighted by Crippen LogP contribution is -2.25. The monoisotopic (exact) mass is 295 g/mol. The Morgan fingerprint density at radius 2 is 1.68 bits per heavy atom. The summed E-state index contributed by atoms with van der Waals surface area (Å²) in [4.78, 5) is 17.7. The lowest BCUT2D eigenvalue weighted by Gasteiger charge is -2.24. The van der Waals surface area contributed by atoms with Crippen molar-refractivity contribution >= 4 is 6.29 Å². The molecule has 0 N–H and O–H groups in total. The summed E-state index contributed by atoms with van der Waals surface area (Å²) in [5.74, 6) is -0.129. The molecule has 1 heterocycles. The van der Waals surface area contributed by atoms with E-state index in [1.54, 1.807) is 0 Å². The Morgan fingerprint density at radius 3 is 2.27 bits per heavy atom. The highest BCUT2D eigenvalue weighted by Gasteiger charge is 2.43. The van der Waals surface area contributed by atoms with Crippen LogP contribution in [0.4, 0.5) is 0 Å². The summed E-state index contributed by atoms with van der Waals surface area (Å²) in [6.45, 7) is 2.75. The van der Waals surface area contributed by atoms with Gasteiger partial charge in [0.25, 0.3) is 0 Å². The van der Waals surface area contributed by atoms with Crippen LogP contribution in [-0.2, 0) is 16.2 Å². The summed E-state index contributed by atoms with van der Waals surface area (Å²) in [7, 11) is 0. The quantitative estimate of drug-likeness (QED) is 0.786. The zero-order chi connectivity index (χ0) is 15.4. The summed E-state index contributed by atoms with van der Waals surface area (Å²) in [5.41, 5.74) is 2.32. The lowest BCUT2D eigenvalue weighted by molar-refractivity contribution is -0.171. The van der Waals surface area contributed by atoms with Gasteiger partial charge in [-0.2, -0.15) is 5.06 Å². The van der Waals surface area contributed by atoms with Crippen LogP contribution in [0.15, 0.2) is 60.7 Å². The molecule has 0 bridgehead atoms. The van der Waals surface area contributed by atoms with Gasteiger partial charge >= 0.3 is 0 Å². The van der Waals surface area contributed by atoms with E-state index in [0.717, 1.165) is 18.3 Å². The van der Waals surface area contributed by atoms with E-state index in [9.17, 15) is 4.79 Å². The van der Waals surface area contributed by atoms with Gasteiger partial charge in [0, 0.05) is 6.54 Å². The van der Waals surface area contributed by atoms with Gasteiger partial charge in [-0.3, -0.25) is 4.84 Å². The fraction of sp³-hybridized carbons (Fsp3) is 0.316. The first-order valence-electron chi connectivity index (χ1n) is 7.81. The Bertz CT molecular complexity index is 599. The second-order valence-corrected chi connectivity index (χ2v) is 5.68. The Labute approximate surface area is 131 Å². The van der Waals surface area contributed by atoms with Crippen molar-refractivity contribution in [3.05, 3.63) is 71.8 Å². The molecular formula is C19H21NO2. The van der Waals surface area contributed by atoms with E-state index in [2.05, 4.69) is 31.2 Å². The van der Waals surface area contributed by atoms with E-state index in [4.69, 9.17) is 4.84 Å². The molecule has 3 nitrogen and oxygen atoms in total. The number of carbonyl (C=O) groups excluding carboxylic acids is 1. The van der Waals surface area contributed by atoms with Crippen molar-refractivity contribution in [3.8, 4) is 0 Å². The van der Waals surface area contributed by atoms with Gasteiger partial charge in [0.2, 0.25) is 0 Å². The SMILES string of the molecule is CC[C@H]1ON(Cc2ccccc2)C(c2ccccc2)[C@@H]1C=O. The zero-order valence-corrected chi connectivity index (χ0v) is 12.8. The molecule has 3 rings (SSSR count). The molecule has 3 atom stereocenters. The number of hydroxylamine groups is 2. The molecule has 0 spiro atoms. The zero-order valence-electron chi connectivity index (χ0n) is 12.8. The molecule has 0 amide bonds. The number of benzene rings is 2. The molecular weight excluding hydrogens is 274 g/mol. The maximum Gasteiger partial charge on any atom is 0.127 e. The van der Waals surface area contributed by atoms with Crippen molar-refractivity contribution in [1.82, 2.24) is 5.06 Å². The Morgan fingerprint density at radius 1 is 1.05 bits per heavy atom. The van der Waals surface area contributed by atoms with Crippen molar-refractivity contribution < 1.29 is 9.63 Å². The van der Waals surface area contributed by atoms with Gasteiger partial charge in [-0.1, -0.05) is 67.6 Å². The lowest BCUT2D eigenvalue weighted by atomic mass is 9.89. The van der Waals surface area contributed by atoms with Crippen LogP contribution >= 0.6 is 0 Å². The molecule has 1 fully saturated rings. The summed E-state index contributed by atoms with van der Waals surface area (Å²) in [6.07, 6.45) is 1.83. The maximum atomic E-state index is 11.7. The van der Waals surface area contributed by atoms with Crippen molar-refractivity contribution in [2.75, 3.05) is 0 Å². The summed E-state index contributed by atoms with van der Waals surface area (Å²) < 4.78 is 0. The molecule has 1 aliphatic rings. The minimum absolute atomic E-state index is 0.0242. The second kappa shape index (κ2) is 6.86. The Kier molecular flexibility index (Phi) is 4.66. The van der Waals surface area contributed by atoms with Crippen LogP contribution in [0.2, 0.25) is 0 Å². The van der Waals surface area contributed by atoms with E-state index in [-0.39, 0.29) is 18.1 Å². The van der Waals surface area contributed by atoms with Crippen LogP contribution in [-0.4, -0.2) is 17.5 Å². The molecule has 1 saturated heterocycles. The predicted molar refractivity (Wildman–Crippen MR) is 85.9 cm³/mol. The number of carbonyl (C=O) groups is 1. The number of hydrogen-bond donors (Lipinski definition) is 0. The minimum atomic E-state index is -0.129. The standard InChI is InChI=1S/C19H21NO2/c1-2-18-17(14-21)19(16-11-7-4-8-12-16)20(22-18)13-15-9-5-3-6-10-15/h3-12,14,17-19H,2,13H2,1H3/t17-,18-,19?/m1/s1. The molecule has 22 heavy (non-hydrogen) atoms. The van der Waals surface area contributed by atoms with E-state index in [1.807, 2.05) is 41.5 Å². The highest BCUT2D eigenvalue weighted by Crippen LogP contribution is 2.40. The summed E-state index contributed by atoms with van der Waals surface area (Å²) >= 11 is 0. The van der Waals surface area contributed by atoms with Crippen molar-refractivity contribution in [3.63, 3.8) is 0 Å². The van der Waals surface area contributed by atoms with Gasteiger partial charge in [0.1, 0.15) is 6.29 Å². The molecule has 0 aromatic heterocycles. The van der Waals surface area contributed by atoms with Gasteiger partial charge in [-0.25, -0.2) is 0 Å². The topological polar surface area (TPSA) is 29.5 Å². The van der Waals surface area contributed by atoms with Crippen molar-refractivity contribution in [2.45, 2.75) is 32.0 Å². The number of aldehydes is 1. The normalized spacial score (nSPS) is 25.2. The third kappa shape index (κ3) is 2.96. The smallest absolute Gasteiger partial charge is 0.127 e. The van der Waals surface area contributed by atoms with Gasteiger partial charge in [-0.05, 0) is 17.5 Å². The fourth-order valence-electron chi connectivity index (χ4n) is 3.15. The van der Waals surface area contributed by atoms with E-state index < -0.39 is 0 Å². The van der Waals surface area contributed by atoms with Gasteiger partial charge in [-0.15, -0.1) is 0 Å². The van der Waals surface area contributed by atoms with Gasteiger partial charge in [0.15, 0.2) is 0 Å². The maximum absolute atomic E-state index is 11.7. The van der Waals surface area contributed by atoms with E-state index >= 15 is 0 Å². The number of nitrogens with zero attached hydrogens (tertiary/aromatic N) is 1. The Balaban J connectivity index is 1.90. The average Bonchev–Trinajstić information content (AvgIpc) is 2.94. The fourth-order valence-corrected chi connectivity index (χ4v) is 3.15. The molecule has 0 saturated carbocycles. The number of rotatable bonds is 5. The Hall–Kier alpha value is -1.97. The minimum Gasteiger partial charge on any atom is -0.303 e. The molecule has 1 unspecified atom stereocenters. The molecule has 114 valence electrons. The van der Waals surface area contributed by atoms with Crippen molar-refractivity contribution in [1.29, 1.82) is 0 Å². The predicted octanol–water partition coefficient (Wildman–Crippen LogP) is 3.77. The van der Waals surface area contributed by atoms with Crippen molar-refractivity contribution in [2.24, 2.45) is 5.92 Å². The van der Waals surface area contributed by atoms with Crippen LogP contribution in [0.25, 0.3) is 0 Å². The first kappa shape index (κ1) is 14.9. The molecule has 0 radical (unpaired) electrons. The van der Waals surface area contributed by atoms with Gasteiger partial charge < -0.3 is 4.79 Å². The largest absolute Gasteiger partial charge is 0.303 e. The average molecular weight is 295 g/mol. The molecule has 1 aliphatic heterocycles. The number of hydrogen-bond acceptors (Lipinski definition) is 3. The second-order valence-electron chi connectivity index (χ2n) is 5.68. The van der Waals surface area contributed by atoms with Crippen LogP contribution in [0.1, 0.15) is 30.5 Å². The first-order chi connectivity index (χ1) is 10.8. The summed E-state index contributed by atoms with van der Waals surface area (Å²) in [6, 6.07) is 20.4. The van der Waals surface area contributed by atoms with Crippen LogP contribution < -0.4 is 0 Å². The van der Waals surface area contributed by atoms with Crippen LogP contribution in [0.5, 0.6) is 0 Å². The summed E-state index contributed by atoms with van der Waals surface area (Å²) in [5, 5.41) is 1.97. The molecule has 2 aromatic carbocycles. The first-order valence-corrected chi connectivity index (χ1v) is 7.81. The van der Waals surface area contributed by atoms with Crippen LogP contribution in [0.3, 0.4) is 0 Å². The molecule has 2 aromatic rings. The third-order valence-electron chi connectivity index (χ3n) is 4.26.